The normalized spacial score (nSPS) is 15.4. The zero-order chi connectivity index (χ0) is 17.0. The summed E-state index contributed by atoms with van der Waals surface area (Å²) in [5, 5.41) is 0. The first-order valence-electron chi connectivity index (χ1n) is 8.40. The van der Waals surface area contributed by atoms with Crippen LogP contribution in [0.3, 0.4) is 0 Å². The zero-order valence-electron chi connectivity index (χ0n) is 14.4. The lowest BCUT2D eigenvalue weighted by molar-refractivity contribution is -0.132. The van der Waals surface area contributed by atoms with E-state index in [2.05, 4.69) is 40.8 Å². The van der Waals surface area contributed by atoms with Gasteiger partial charge in [0.15, 0.2) is 0 Å². The lowest BCUT2D eigenvalue weighted by atomic mass is 9.81. The largest absolute Gasteiger partial charge is 0.352 e. The number of carbonyl (C=O) groups excluding carboxylic acids is 1. The second kappa shape index (κ2) is 6.99. The Morgan fingerprint density at radius 2 is 1.79 bits per heavy atom. The van der Waals surface area contributed by atoms with Crippen LogP contribution in [-0.4, -0.2) is 47.0 Å². The van der Waals surface area contributed by atoms with Crippen molar-refractivity contribution in [1.29, 1.82) is 0 Å². The molecule has 5 nitrogen and oxygen atoms in total. The second-order valence-corrected chi connectivity index (χ2v) is 6.86. The first kappa shape index (κ1) is 16.4. The molecule has 1 aliphatic heterocycles. The predicted molar refractivity (Wildman–Crippen MR) is 94.9 cm³/mol. The Labute approximate surface area is 143 Å². The third-order valence-electron chi connectivity index (χ3n) is 4.65. The lowest BCUT2D eigenvalue weighted by Gasteiger charge is -2.37. The monoisotopic (exact) mass is 324 g/mol. The van der Waals surface area contributed by atoms with Gasteiger partial charge in [-0.2, -0.15) is 0 Å². The molecule has 2 heterocycles. The van der Waals surface area contributed by atoms with Crippen LogP contribution in [0, 0.1) is 0 Å². The van der Waals surface area contributed by atoms with E-state index in [0.29, 0.717) is 6.42 Å². The average molecular weight is 324 g/mol. The van der Waals surface area contributed by atoms with Gasteiger partial charge in [-0.05, 0) is 11.0 Å². The van der Waals surface area contributed by atoms with Crippen LogP contribution < -0.4 is 4.90 Å². The summed E-state index contributed by atoms with van der Waals surface area (Å²) in [6.45, 7) is 7.35. The van der Waals surface area contributed by atoms with Gasteiger partial charge in [0.1, 0.15) is 5.82 Å². The maximum atomic E-state index is 12.7. The van der Waals surface area contributed by atoms with E-state index in [1.807, 2.05) is 23.1 Å². The number of aromatic nitrogens is 2. The van der Waals surface area contributed by atoms with E-state index >= 15 is 0 Å². The highest BCUT2D eigenvalue weighted by Gasteiger charge is 2.29. The van der Waals surface area contributed by atoms with Crippen LogP contribution in [0.2, 0.25) is 0 Å². The molecule has 0 radical (unpaired) electrons. The van der Waals surface area contributed by atoms with E-state index in [0.717, 1.165) is 32.0 Å². The second-order valence-electron chi connectivity index (χ2n) is 6.86. The van der Waals surface area contributed by atoms with Gasteiger partial charge in [-0.15, -0.1) is 0 Å². The van der Waals surface area contributed by atoms with Crippen molar-refractivity contribution in [1.82, 2.24) is 14.9 Å². The number of carbonyl (C=O) groups is 1. The summed E-state index contributed by atoms with van der Waals surface area (Å²) in [6, 6.07) is 10.3. The van der Waals surface area contributed by atoms with Crippen molar-refractivity contribution in [3.8, 4) is 0 Å². The highest BCUT2D eigenvalue weighted by atomic mass is 16.2. The molecule has 5 heteroatoms. The Balaban J connectivity index is 1.57. The van der Waals surface area contributed by atoms with E-state index in [1.165, 1.54) is 5.56 Å². The number of amides is 1. The van der Waals surface area contributed by atoms with Gasteiger partial charge in [-0.1, -0.05) is 44.2 Å². The number of rotatable bonds is 4. The molecule has 3 rings (SSSR count). The van der Waals surface area contributed by atoms with Gasteiger partial charge in [0.05, 0.1) is 6.20 Å². The van der Waals surface area contributed by atoms with Crippen molar-refractivity contribution >= 4 is 11.7 Å². The Bertz CT molecular complexity index is 664. The summed E-state index contributed by atoms with van der Waals surface area (Å²) in [6.07, 6.45) is 5.68. The van der Waals surface area contributed by atoms with E-state index in [1.54, 1.807) is 18.6 Å². The number of hydrogen-bond donors (Lipinski definition) is 0. The summed E-state index contributed by atoms with van der Waals surface area (Å²) in [5.74, 6) is 1.11. The summed E-state index contributed by atoms with van der Waals surface area (Å²) >= 11 is 0. The smallest absolute Gasteiger partial charge is 0.223 e. The SMILES string of the molecule is CC(C)(CC(=O)N1CCN(c2cnccn2)CC1)c1ccccc1. The van der Waals surface area contributed by atoms with Gasteiger partial charge in [0, 0.05) is 45.0 Å². The third-order valence-corrected chi connectivity index (χ3v) is 4.65. The zero-order valence-corrected chi connectivity index (χ0v) is 14.4. The topological polar surface area (TPSA) is 49.3 Å². The number of benzene rings is 1. The Hall–Kier alpha value is -2.43. The maximum Gasteiger partial charge on any atom is 0.223 e. The molecule has 1 fully saturated rings. The van der Waals surface area contributed by atoms with Crippen molar-refractivity contribution in [2.45, 2.75) is 25.7 Å². The number of hydrogen-bond acceptors (Lipinski definition) is 4. The molecule has 1 aromatic carbocycles. The minimum atomic E-state index is -0.152. The number of piperazine rings is 1. The standard InChI is InChI=1S/C19H24N4O/c1-19(2,16-6-4-3-5-7-16)14-18(24)23-12-10-22(11-13-23)17-15-20-8-9-21-17/h3-9,15H,10-14H2,1-2H3. The minimum absolute atomic E-state index is 0.152. The molecular formula is C19H24N4O. The van der Waals surface area contributed by atoms with E-state index in [4.69, 9.17) is 0 Å². The van der Waals surface area contributed by atoms with Crippen molar-refractivity contribution in [3.05, 3.63) is 54.5 Å². The van der Waals surface area contributed by atoms with Crippen molar-refractivity contribution in [2.75, 3.05) is 31.1 Å². The van der Waals surface area contributed by atoms with Gasteiger partial charge < -0.3 is 9.80 Å². The summed E-state index contributed by atoms with van der Waals surface area (Å²) in [5.41, 5.74) is 1.05. The third kappa shape index (κ3) is 3.72. The van der Waals surface area contributed by atoms with Crippen LogP contribution in [0.1, 0.15) is 25.8 Å². The molecule has 2 aromatic rings. The Morgan fingerprint density at radius 3 is 2.42 bits per heavy atom. The first-order chi connectivity index (χ1) is 11.6. The average Bonchev–Trinajstić information content (AvgIpc) is 2.63. The molecule has 0 atom stereocenters. The summed E-state index contributed by atoms with van der Waals surface area (Å²) in [4.78, 5) is 25.3. The molecule has 24 heavy (non-hydrogen) atoms. The highest BCUT2D eigenvalue weighted by Crippen LogP contribution is 2.27. The molecule has 1 aliphatic rings. The molecule has 126 valence electrons. The molecule has 0 N–H and O–H groups in total. The van der Waals surface area contributed by atoms with Crippen molar-refractivity contribution < 1.29 is 4.79 Å². The molecule has 1 aromatic heterocycles. The van der Waals surface area contributed by atoms with E-state index < -0.39 is 0 Å². The van der Waals surface area contributed by atoms with Crippen molar-refractivity contribution in [3.63, 3.8) is 0 Å². The molecule has 1 amide bonds. The first-order valence-corrected chi connectivity index (χ1v) is 8.40. The van der Waals surface area contributed by atoms with Crippen LogP contribution in [-0.2, 0) is 10.2 Å². The number of nitrogens with zero attached hydrogens (tertiary/aromatic N) is 4. The Morgan fingerprint density at radius 1 is 1.08 bits per heavy atom. The summed E-state index contributed by atoms with van der Waals surface area (Å²) in [7, 11) is 0. The fourth-order valence-electron chi connectivity index (χ4n) is 3.12. The molecule has 0 unspecified atom stereocenters. The predicted octanol–water partition coefficient (Wildman–Crippen LogP) is 2.49. The van der Waals surface area contributed by atoms with Crippen LogP contribution in [0.5, 0.6) is 0 Å². The van der Waals surface area contributed by atoms with Gasteiger partial charge in [0.25, 0.3) is 0 Å². The molecule has 0 bridgehead atoms. The quantitative estimate of drug-likeness (QED) is 0.867. The summed E-state index contributed by atoms with van der Waals surface area (Å²) < 4.78 is 0. The van der Waals surface area contributed by atoms with E-state index in [-0.39, 0.29) is 11.3 Å². The minimum Gasteiger partial charge on any atom is -0.352 e. The molecular weight excluding hydrogens is 300 g/mol. The van der Waals surface area contributed by atoms with Crippen molar-refractivity contribution in [2.24, 2.45) is 0 Å². The number of anilines is 1. The Kier molecular flexibility index (Phi) is 4.79. The molecule has 0 spiro atoms. The highest BCUT2D eigenvalue weighted by molar-refractivity contribution is 5.78. The molecule has 0 saturated carbocycles. The van der Waals surface area contributed by atoms with E-state index in [9.17, 15) is 4.79 Å². The van der Waals surface area contributed by atoms with Crippen LogP contribution in [0.15, 0.2) is 48.9 Å². The van der Waals surface area contributed by atoms with Gasteiger partial charge in [-0.25, -0.2) is 4.98 Å². The fourth-order valence-corrected chi connectivity index (χ4v) is 3.12. The van der Waals surface area contributed by atoms with Crippen LogP contribution in [0.25, 0.3) is 0 Å². The van der Waals surface area contributed by atoms with Crippen LogP contribution in [0.4, 0.5) is 5.82 Å². The lowest BCUT2D eigenvalue weighted by Crippen LogP contribution is -2.50. The molecule has 1 saturated heterocycles. The molecule has 0 aliphatic carbocycles. The van der Waals surface area contributed by atoms with Gasteiger partial charge in [-0.3, -0.25) is 9.78 Å². The fraction of sp³-hybridized carbons (Fsp3) is 0.421. The van der Waals surface area contributed by atoms with Gasteiger partial charge in [0.2, 0.25) is 5.91 Å². The van der Waals surface area contributed by atoms with Gasteiger partial charge >= 0.3 is 0 Å². The maximum absolute atomic E-state index is 12.7. The van der Waals surface area contributed by atoms with Crippen LogP contribution >= 0.6 is 0 Å².